The fourth-order valence-electron chi connectivity index (χ4n) is 1.12. The molecule has 0 unspecified atom stereocenters. The summed E-state index contributed by atoms with van der Waals surface area (Å²) < 4.78 is 0.741. The van der Waals surface area contributed by atoms with E-state index < -0.39 is 0 Å². The van der Waals surface area contributed by atoms with Gasteiger partial charge in [-0.25, -0.2) is 4.98 Å². The standard InChI is InChI=1S/C9H3BrCl3N/c10-5-1-4-2-6(11)7(12)3-8(4)14-9(5)13/h1-3H. The number of hydrogen-bond acceptors (Lipinski definition) is 1. The van der Waals surface area contributed by atoms with Gasteiger partial charge in [0.2, 0.25) is 0 Å². The summed E-state index contributed by atoms with van der Waals surface area (Å²) in [6, 6.07) is 5.30. The molecule has 0 saturated carbocycles. The van der Waals surface area contributed by atoms with Gasteiger partial charge in [-0.3, -0.25) is 0 Å². The highest BCUT2D eigenvalue weighted by molar-refractivity contribution is 9.10. The minimum absolute atomic E-state index is 0.413. The molecule has 1 nitrogen and oxygen atoms in total. The van der Waals surface area contributed by atoms with Gasteiger partial charge in [-0.15, -0.1) is 0 Å². The third-order valence-electron chi connectivity index (χ3n) is 1.77. The predicted octanol–water partition coefficient (Wildman–Crippen LogP) is 4.96. The molecule has 14 heavy (non-hydrogen) atoms. The van der Waals surface area contributed by atoms with Gasteiger partial charge in [-0.1, -0.05) is 34.8 Å². The quantitative estimate of drug-likeness (QED) is 0.627. The number of halogens is 4. The van der Waals surface area contributed by atoms with E-state index in [4.69, 9.17) is 34.8 Å². The average molecular weight is 311 g/mol. The van der Waals surface area contributed by atoms with Crippen LogP contribution in [-0.4, -0.2) is 4.98 Å². The highest BCUT2D eigenvalue weighted by Gasteiger charge is 2.05. The molecule has 0 N–H and O–H groups in total. The van der Waals surface area contributed by atoms with Crippen molar-refractivity contribution < 1.29 is 0 Å². The first-order valence-corrected chi connectivity index (χ1v) is 5.61. The Hall–Kier alpha value is -0.0200. The minimum Gasteiger partial charge on any atom is -0.235 e. The first kappa shape index (κ1) is 10.5. The van der Waals surface area contributed by atoms with Crippen LogP contribution in [0.3, 0.4) is 0 Å². The summed E-state index contributed by atoms with van der Waals surface area (Å²) in [7, 11) is 0. The number of pyridine rings is 1. The molecule has 5 heteroatoms. The van der Waals surface area contributed by atoms with Crippen molar-refractivity contribution in [2.75, 3.05) is 0 Å². The van der Waals surface area contributed by atoms with Gasteiger partial charge in [0.15, 0.2) is 0 Å². The highest BCUT2D eigenvalue weighted by atomic mass is 79.9. The van der Waals surface area contributed by atoms with Crippen molar-refractivity contribution in [1.29, 1.82) is 0 Å². The molecule has 1 aromatic heterocycles. The fourth-order valence-corrected chi connectivity index (χ4v) is 1.93. The van der Waals surface area contributed by atoms with Crippen LogP contribution in [-0.2, 0) is 0 Å². The van der Waals surface area contributed by atoms with Gasteiger partial charge in [0.25, 0.3) is 0 Å². The maximum absolute atomic E-state index is 5.87. The molecule has 0 spiro atoms. The molecule has 0 bridgehead atoms. The molecule has 0 aliphatic rings. The molecular formula is C9H3BrCl3N. The average Bonchev–Trinajstić information content (AvgIpc) is 2.11. The van der Waals surface area contributed by atoms with Gasteiger partial charge in [0.05, 0.1) is 20.0 Å². The van der Waals surface area contributed by atoms with Gasteiger partial charge in [-0.2, -0.15) is 0 Å². The zero-order valence-electron chi connectivity index (χ0n) is 6.69. The SMILES string of the molecule is Clc1cc2cc(Br)c(Cl)nc2cc1Cl. The van der Waals surface area contributed by atoms with Crippen molar-refractivity contribution in [3.05, 3.63) is 37.9 Å². The Balaban J connectivity index is 2.83. The number of nitrogens with zero attached hydrogens (tertiary/aromatic N) is 1. The number of rotatable bonds is 0. The zero-order valence-corrected chi connectivity index (χ0v) is 10.5. The van der Waals surface area contributed by atoms with Crippen LogP contribution in [0.5, 0.6) is 0 Å². The first-order chi connectivity index (χ1) is 6.58. The summed E-state index contributed by atoms with van der Waals surface area (Å²) in [5, 5.41) is 2.30. The molecule has 0 fully saturated rings. The lowest BCUT2D eigenvalue weighted by Gasteiger charge is -2.02. The molecule has 0 radical (unpaired) electrons. The van der Waals surface area contributed by atoms with Crippen molar-refractivity contribution in [3.8, 4) is 0 Å². The third-order valence-corrected chi connectivity index (χ3v) is 3.61. The number of aromatic nitrogens is 1. The second-order valence-corrected chi connectivity index (χ2v) is 4.75. The van der Waals surface area contributed by atoms with E-state index in [1.54, 1.807) is 12.1 Å². The Kier molecular flexibility index (Phi) is 2.89. The van der Waals surface area contributed by atoms with Crippen LogP contribution < -0.4 is 0 Å². The van der Waals surface area contributed by atoms with E-state index in [9.17, 15) is 0 Å². The lowest BCUT2D eigenvalue weighted by Crippen LogP contribution is -1.82. The van der Waals surface area contributed by atoms with Crippen molar-refractivity contribution >= 4 is 61.6 Å². The Labute approximate surface area is 104 Å². The summed E-state index contributed by atoms with van der Waals surface area (Å²) in [5.41, 5.74) is 0.729. The lowest BCUT2D eigenvalue weighted by molar-refractivity contribution is 1.39. The van der Waals surface area contributed by atoms with Gasteiger partial charge in [0, 0.05) is 5.39 Å². The number of benzene rings is 1. The number of fused-ring (bicyclic) bond motifs is 1. The monoisotopic (exact) mass is 309 g/mol. The predicted molar refractivity (Wildman–Crippen MR) is 64.5 cm³/mol. The van der Waals surface area contributed by atoms with E-state index in [1.807, 2.05) is 6.07 Å². The van der Waals surface area contributed by atoms with Crippen molar-refractivity contribution in [2.24, 2.45) is 0 Å². The van der Waals surface area contributed by atoms with Crippen molar-refractivity contribution in [2.45, 2.75) is 0 Å². The van der Waals surface area contributed by atoms with Crippen LogP contribution in [0.25, 0.3) is 10.9 Å². The largest absolute Gasteiger partial charge is 0.235 e. The Morgan fingerprint density at radius 3 is 2.36 bits per heavy atom. The summed E-state index contributed by atoms with van der Waals surface area (Å²) in [6.45, 7) is 0. The zero-order chi connectivity index (χ0) is 10.3. The summed E-state index contributed by atoms with van der Waals surface area (Å²) in [4.78, 5) is 4.15. The van der Waals surface area contributed by atoms with Crippen LogP contribution >= 0.6 is 50.7 Å². The van der Waals surface area contributed by atoms with Gasteiger partial charge >= 0.3 is 0 Å². The molecule has 72 valence electrons. The molecule has 0 saturated heterocycles. The first-order valence-electron chi connectivity index (χ1n) is 3.69. The van der Waals surface area contributed by atoms with E-state index in [1.165, 1.54) is 0 Å². The molecule has 2 aromatic rings. The number of hydrogen-bond donors (Lipinski definition) is 0. The van der Waals surface area contributed by atoms with Crippen molar-refractivity contribution in [3.63, 3.8) is 0 Å². The Morgan fingerprint density at radius 2 is 1.64 bits per heavy atom. The van der Waals surface area contributed by atoms with Gasteiger partial charge < -0.3 is 0 Å². The maximum Gasteiger partial charge on any atom is 0.143 e. The Morgan fingerprint density at radius 1 is 1.00 bits per heavy atom. The molecule has 0 amide bonds. The van der Waals surface area contributed by atoms with E-state index in [2.05, 4.69) is 20.9 Å². The maximum atomic E-state index is 5.87. The molecule has 0 aliphatic heterocycles. The van der Waals surface area contributed by atoms with Gasteiger partial charge in [0.1, 0.15) is 5.15 Å². The summed E-state index contributed by atoms with van der Waals surface area (Å²) in [5.74, 6) is 0. The smallest absolute Gasteiger partial charge is 0.143 e. The van der Waals surface area contributed by atoms with Crippen LogP contribution in [0, 0.1) is 0 Å². The molecule has 0 atom stereocenters. The van der Waals surface area contributed by atoms with E-state index >= 15 is 0 Å². The summed E-state index contributed by atoms with van der Waals surface area (Å²) >= 11 is 20.9. The molecule has 2 rings (SSSR count). The molecule has 0 aliphatic carbocycles. The highest BCUT2D eigenvalue weighted by Crippen LogP contribution is 2.30. The van der Waals surface area contributed by atoms with E-state index in [0.717, 1.165) is 15.4 Å². The second-order valence-electron chi connectivity index (χ2n) is 2.72. The molecular weight excluding hydrogens is 308 g/mol. The molecule has 1 heterocycles. The van der Waals surface area contributed by atoms with Crippen LogP contribution in [0.4, 0.5) is 0 Å². The van der Waals surface area contributed by atoms with Crippen LogP contribution in [0.2, 0.25) is 15.2 Å². The fraction of sp³-hybridized carbons (Fsp3) is 0. The van der Waals surface area contributed by atoms with E-state index in [0.29, 0.717) is 15.2 Å². The molecule has 1 aromatic carbocycles. The lowest BCUT2D eigenvalue weighted by atomic mass is 10.2. The second kappa shape index (κ2) is 3.86. The van der Waals surface area contributed by atoms with Gasteiger partial charge in [-0.05, 0) is 34.1 Å². The van der Waals surface area contributed by atoms with Crippen molar-refractivity contribution in [1.82, 2.24) is 4.98 Å². The minimum atomic E-state index is 0.413. The van der Waals surface area contributed by atoms with Crippen LogP contribution in [0.15, 0.2) is 22.7 Å². The summed E-state index contributed by atoms with van der Waals surface area (Å²) in [6.07, 6.45) is 0. The Bertz CT molecular complexity index is 424. The van der Waals surface area contributed by atoms with Crippen LogP contribution in [0.1, 0.15) is 0 Å². The van der Waals surface area contributed by atoms with E-state index in [-0.39, 0.29) is 0 Å². The third kappa shape index (κ3) is 1.84. The topological polar surface area (TPSA) is 12.9 Å². The normalized spacial score (nSPS) is 10.9.